The maximum Gasteiger partial charge on any atom is 0.416 e. The first-order valence-electron chi connectivity index (χ1n) is 9.01. The zero-order valence-corrected chi connectivity index (χ0v) is 15.8. The molecule has 2 aliphatic rings. The fourth-order valence-corrected chi connectivity index (χ4v) is 3.16. The topological polar surface area (TPSA) is 85.8 Å². The highest BCUT2D eigenvalue weighted by atomic mass is 35.5. The highest BCUT2D eigenvalue weighted by molar-refractivity contribution is 5.93. The van der Waals surface area contributed by atoms with Gasteiger partial charge in [0.05, 0.1) is 16.9 Å². The van der Waals surface area contributed by atoms with Crippen LogP contribution in [0.1, 0.15) is 53.3 Å². The van der Waals surface area contributed by atoms with Crippen LogP contribution in [0.3, 0.4) is 0 Å². The summed E-state index contributed by atoms with van der Waals surface area (Å²) in [5.74, 6) is 0.146. The zero-order valence-electron chi connectivity index (χ0n) is 14.9. The lowest BCUT2D eigenvalue weighted by Crippen LogP contribution is -2.39. The molecule has 4 rings (SSSR count). The lowest BCUT2D eigenvalue weighted by atomic mass is 10.1. The molecular formula is C18H21ClF3N5O. The lowest BCUT2D eigenvalue weighted by Gasteiger charge is -2.12. The first kappa shape index (κ1) is 20.6. The smallest absolute Gasteiger partial charge is 0.349 e. The molecule has 28 heavy (non-hydrogen) atoms. The monoisotopic (exact) mass is 415 g/mol. The number of nitrogens with zero attached hydrogens (tertiary/aromatic N) is 3. The van der Waals surface area contributed by atoms with Crippen molar-refractivity contribution in [3.05, 3.63) is 41.2 Å². The summed E-state index contributed by atoms with van der Waals surface area (Å²) in [6.45, 7) is 0.351. The minimum Gasteiger partial charge on any atom is -0.349 e. The zero-order chi connectivity index (χ0) is 19.2. The van der Waals surface area contributed by atoms with E-state index in [0.29, 0.717) is 18.2 Å². The molecule has 1 aromatic heterocycles. The Bertz CT molecular complexity index is 861. The van der Waals surface area contributed by atoms with Gasteiger partial charge in [-0.1, -0.05) is 11.3 Å². The maximum atomic E-state index is 13.0. The summed E-state index contributed by atoms with van der Waals surface area (Å²) in [6, 6.07) is 4.79. The fourth-order valence-electron chi connectivity index (χ4n) is 3.16. The van der Waals surface area contributed by atoms with Gasteiger partial charge in [-0.25, -0.2) is 4.68 Å². The second-order valence-corrected chi connectivity index (χ2v) is 7.27. The van der Waals surface area contributed by atoms with Gasteiger partial charge in [0.25, 0.3) is 5.91 Å². The van der Waals surface area contributed by atoms with Gasteiger partial charge in [-0.15, -0.1) is 17.5 Å². The Morgan fingerprint density at radius 2 is 2.00 bits per heavy atom. The van der Waals surface area contributed by atoms with Gasteiger partial charge in [0.2, 0.25) is 0 Å². The number of nitrogens with one attached hydrogen (secondary N) is 1. The van der Waals surface area contributed by atoms with E-state index in [1.54, 1.807) is 0 Å². The van der Waals surface area contributed by atoms with Crippen molar-refractivity contribution in [2.45, 2.75) is 43.8 Å². The van der Waals surface area contributed by atoms with E-state index >= 15 is 0 Å². The Morgan fingerprint density at radius 1 is 1.29 bits per heavy atom. The summed E-state index contributed by atoms with van der Waals surface area (Å²) in [4.78, 5) is 12.6. The molecule has 1 heterocycles. The van der Waals surface area contributed by atoms with Crippen molar-refractivity contribution in [1.82, 2.24) is 20.3 Å². The number of amides is 1. The molecule has 0 saturated heterocycles. The predicted octanol–water partition coefficient (Wildman–Crippen LogP) is 3.05. The number of hydrogen-bond donors (Lipinski definition) is 2. The minimum absolute atomic E-state index is 0. The summed E-state index contributed by atoms with van der Waals surface area (Å²) < 4.78 is 40.4. The van der Waals surface area contributed by atoms with Gasteiger partial charge in [0, 0.05) is 18.5 Å². The second-order valence-electron chi connectivity index (χ2n) is 7.27. The van der Waals surface area contributed by atoms with Crippen molar-refractivity contribution < 1.29 is 18.0 Å². The van der Waals surface area contributed by atoms with E-state index < -0.39 is 11.7 Å². The third-order valence-corrected chi connectivity index (χ3v) is 5.03. The van der Waals surface area contributed by atoms with Crippen LogP contribution < -0.4 is 11.1 Å². The standard InChI is InChI=1S/C18H20F3N5O.ClH/c19-18(20,21)12-2-1-3-13(8-12)26-16(11-6-7-11)15(24-25-26)17(27)23-9-14(22)10-4-5-10;/h1-3,8,10-11,14H,4-7,9,22H2,(H,23,27);1H. The lowest BCUT2D eigenvalue weighted by molar-refractivity contribution is -0.137. The number of carbonyl (C=O) groups is 1. The number of carbonyl (C=O) groups excluding carboxylic acids is 1. The van der Waals surface area contributed by atoms with E-state index in [9.17, 15) is 18.0 Å². The number of nitrogens with two attached hydrogens (primary N) is 1. The van der Waals surface area contributed by atoms with Gasteiger partial charge < -0.3 is 11.1 Å². The summed E-state index contributed by atoms with van der Waals surface area (Å²) in [5.41, 5.74) is 6.21. The van der Waals surface area contributed by atoms with Crippen molar-refractivity contribution in [2.75, 3.05) is 6.54 Å². The Kier molecular flexibility index (Phi) is 5.67. The Balaban J connectivity index is 0.00000225. The van der Waals surface area contributed by atoms with Gasteiger partial charge in [-0.3, -0.25) is 4.79 Å². The van der Waals surface area contributed by atoms with Crippen LogP contribution in [0.15, 0.2) is 24.3 Å². The highest BCUT2D eigenvalue weighted by Crippen LogP contribution is 2.42. The van der Waals surface area contributed by atoms with Crippen LogP contribution in [0, 0.1) is 5.92 Å². The van der Waals surface area contributed by atoms with E-state index in [2.05, 4.69) is 15.6 Å². The Morgan fingerprint density at radius 3 is 2.61 bits per heavy atom. The van der Waals surface area contributed by atoms with Gasteiger partial charge >= 0.3 is 6.18 Å². The molecule has 2 aromatic rings. The molecular weight excluding hydrogens is 395 g/mol. The molecule has 1 atom stereocenters. The average Bonchev–Trinajstić information content (AvgIpc) is 3.56. The molecule has 1 amide bonds. The number of benzene rings is 1. The largest absolute Gasteiger partial charge is 0.416 e. The molecule has 3 N–H and O–H groups in total. The molecule has 152 valence electrons. The van der Waals surface area contributed by atoms with Crippen LogP contribution in [0.2, 0.25) is 0 Å². The molecule has 6 nitrogen and oxygen atoms in total. The summed E-state index contributed by atoms with van der Waals surface area (Å²) in [5, 5.41) is 10.7. The van der Waals surface area contributed by atoms with Gasteiger partial charge in [0.15, 0.2) is 5.69 Å². The summed E-state index contributed by atoms with van der Waals surface area (Å²) in [7, 11) is 0. The molecule has 2 fully saturated rings. The fraction of sp³-hybridized carbons (Fsp3) is 0.500. The minimum atomic E-state index is -4.45. The summed E-state index contributed by atoms with van der Waals surface area (Å²) in [6.07, 6.45) is -0.579. The summed E-state index contributed by atoms with van der Waals surface area (Å²) >= 11 is 0. The number of hydrogen-bond acceptors (Lipinski definition) is 4. The number of halogens is 4. The number of alkyl halides is 3. The van der Waals surface area contributed by atoms with Crippen molar-refractivity contribution in [3.63, 3.8) is 0 Å². The van der Waals surface area contributed by atoms with E-state index in [0.717, 1.165) is 37.8 Å². The average molecular weight is 416 g/mol. The third kappa shape index (κ3) is 4.30. The van der Waals surface area contributed by atoms with E-state index in [1.807, 2.05) is 0 Å². The van der Waals surface area contributed by atoms with Crippen molar-refractivity contribution in [1.29, 1.82) is 0 Å². The predicted molar refractivity (Wildman–Crippen MR) is 98.6 cm³/mol. The van der Waals surface area contributed by atoms with Crippen molar-refractivity contribution in [2.24, 2.45) is 11.7 Å². The molecule has 0 bridgehead atoms. The SMILES string of the molecule is Cl.NC(CNC(=O)c1nnn(-c2cccc(C(F)(F)F)c2)c1C1CC1)C1CC1. The van der Waals surface area contributed by atoms with E-state index in [-0.39, 0.29) is 41.7 Å². The van der Waals surface area contributed by atoms with E-state index in [4.69, 9.17) is 5.73 Å². The molecule has 10 heteroatoms. The maximum absolute atomic E-state index is 13.0. The van der Waals surface area contributed by atoms with Crippen LogP contribution in [0.4, 0.5) is 13.2 Å². The molecule has 1 aromatic carbocycles. The molecule has 2 saturated carbocycles. The van der Waals surface area contributed by atoms with Crippen molar-refractivity contribution in [3.8, 4) is 5.69 Å². The molecule has 0 aliphatic heterocycles. The first-order chi connectivity index (χ1) is 12.8. The Labute approximate surface area is 166 Å². The van der Waals surface area contributed by atoms with E-state index in [1.165, 1.54) is 16.8 Å². The van der Waals surface area contributed by atoms with Crippen molar-refractivity contribution >= 4 is 18.3 Å². The highest BCUT2D eigenvalue weighted by Gasteiger charge is 2.36. The molecule has 0 radical (unpaired) electrons. The quantitative estimate of drug-likeness (QED) is 0.759. The molecule has 2 aliphatic carbocycles. The van der Waals surface area contributed by atoms with Crippen LogP contribution >= 0.6 is 12.4 Å². The normalized spacial score (nSPS) is 17.7. The van der Waals surface area contributed by atoms with Crippen LogP contribution in [-0.2, 0) is 6.18 Å². The molecule has 0 spiro atoms. The Hall–Kier alpha value is -2.13. The number of aromatic nitrogens is 3. The van der Waals surface area contributed by atoms with Crippen LogP contribution in [0.25, 0.3) is 5.69 Å². The second kappa shape index (κ2) is 7.71. The van der Waals surface area contributed by atoms with Crippen LogP contribution in [0.5, 0.6) is 0 Å². The molecule has 1 unspecified atom stereocenters. The van der Waals surface area contributed by atoms with Gasteiger partial charge in [-0.05, 0) is 49.8 Å². The third-order valence-electron chi connectivity index (χ3n) is 5.03. The van der Waals surface area contributed by atoms with Crippen LogP contribution in [-0.4, -0.2) is 33.5 Å². The van der Waals surface area contributed by atoms with Gasteiger partial charge in [0.1, 0.15) is 0 Å². The van der Waals surface area contributed by atoms with Gasteiger partial charge in [-0.2, -0.15) is 13.2 Å². The first-order valence-corrected chi connectivity index (χ1v) is 9.01. The number of rotatable bonds is 6.